The second kappa shape index (κ2) is 43.6. The number of quaternary nitrogens is 1. The number of rotatable bonds is 45. The van der Waals surface area contributed by atoms with Crippen LogP contribution in [0.2, 0.25) is 0 Å². The molecule has 0 rings (SSSR count). The van der Waals surface area contributed by atoms with Crippen LogP contribution in [0.3, 0.4) is 0 Å². The lowest BCUT2D eigenvalue weighted by atomic mass is 10.0. The first-order chi connectivity index (χ1) is 30.4. The highest BCUT2D eigenvalue weighted by molar-refractivity contribution is 7.47. The molecule has 0 fully saturated rings. The molecule has 0 aromatic carbocycles. The molecule has 0 saturated carbocycles. The van der Waals surface area contributed by atoms with Crippen LogP contribution in [0.15, 0.2) is 60.8 Å². The lowest BCUT2D eigenvalue weighted by molar-refractivity contribution is -0.870. The SMILES string of the molecule is CC/C=C/C=C/C=C\CCCCCCCC(=O)OC(/C=C/CCCCCCCCCCCCC)C(COP(=O)(O)OCC[N+](C)(C)C)NC(=O)CCCCCCC/C=C\CCCC. The summed E-state index contributed by atoms with van der Waals surface area (Å²) in [6, 6.07) is -0.859. The van der Waals surface area contributed by atoms with Crippen molar-refractivity contribution >= 4 is 19.7 Å². The van der Waals surface area contributed by atoms with Gasteiger partial charge < -0.3 is 19.4 Å². The molecule has 3 unspecified atom stereocenters. The van der Waals surface area contributed by atoms with E-state index < -0.39 is 20.0 Å². The number of esters is 1. The van der Waals surface area contributed by atoms with Gasteiger partial charge in [0.05, 0.1) is 33.8 Å². The Labute approximate surface area is 388 Å². The predicted octanol–water partition coefficient (Wildman–Crippen LogP) is 14.8. The highest BCUT2D eigenvalue weighted by Gasteiger charge is 2.30. The van der Waals surface area contributed by atoms with Crippen LogP contribution in [0.1, 0.15) is 213 Å². The molecular formula is C53H98N2O7P+. The first-order valence-electron chi connectivity index (χ1n) is 25.6. The Bertz CT molecular complexity index is 1270. The third-order valence-electron chi connectivity index (χ3n) is 11.0. The number of carbonyl (C=O) groups excluding carboxylic acids is 2. The van der Waals surface area contributed by atoms with E-state index in [1.807, 2.05) is 33.3 Å². The van der Waals surface area contributed by atoms with Crippen LogP contribution >= 0.6 is 7.82 Å². The van der Waals surface area contributed by atoms with Gasteiger partial charge in [-0.3, -0.25) is 18.6 Å². The largest absolute Gasteiger partial charge is 0.472 e. The van der Waals surface area contributed by atoms with Gasteiger partial charge in [0.1, 0.15) is 19.3 Å². The van der Waals surface area contributed by atoms with Gasteiger partial charge in [0.25, 0.3) is 0 Å². The van der Waals surface area contributed by atoms with Crippen molar-refractivity contribution in [1.29, 1.82) is 0 Å². The fraction of sp³-hybridized carbons (Fsp3) is 0.774. The molecule has 366 valence electrons. The summed E-state index contributed by atoms with van der Waals surface area (Å²) < 4.78 is 30.4. The quantitative estimate of drug-likeness (QED) is 0.0156. The van der Waals surface area contributed by atoms with Crippen molar-refractivity contribution in [3.8, 4) is 0 Å². The summed E-state index contributed by atoms with van der Waals surface area (Å²) in [5.74, 6) is -0.544. The maximum atomic E-state index is 13.4. The molecule has 0 bridgehead atoms. The van der Waals surface area contributed by atoms with Crippen LogP contribution in [0.5, 0.6) is 0 Å². The maximum absolute atomic E-state index is 13.4. The summed E-state index contributed by atoms with van der Waals surface area (Å²) in [5, 5.41) is 3.02. The monoisotopic (exact) mass is 906 g/mol. The van der Waals surface area contributed by atoms with Crippen molar-refractivity contribution in [3.63, 3.8) is 0 Å². The minimum Gasteiger partial charge on any atom is -0.456 e. The van der Waals surface area contributed by atoms with Gasteiger partial charge in [-0.25, -0.2) is 4.57 Å². The minimum absolute atomic E-state index is 0.0334. The van der Waals surface area contributed by atoms with E-state index in [1.165, 1.54) is 70.6 Å². The Balaban J connectivity index is 5.51. The van der Waals surface area contributed by atoms with Crippen molar-refractivity contribution in [3.05, 3.63) is 60.8 Å². The minimum atomic E-state index is -4.44. The zero-order valence-electron chi connectivity index (χ0n) is 41.6. The van der Waals surface area contributed by atoms with Gasteiger partial charge in [0, 0.05) is 12.8 Å². The summed E-state index contributed by atoms with van der Waals surface area (Å²) in [7, 11) is 1.47. The molecule has 0 heterocycles. The number of hydrogen-bond donors (Lipinski definition) is 2. The first kappa shape index (κ1) is 60.7. The molecule has 0 radical (unpaired) electrons. The number of phosphoric acid groups is 1. The fourth-order valence-electron chi connectivity index (χ4n) is 6.98. The van der Waals surface area contributed by atoms with Gasteiger partial charge in [0.2, 0.25) is 5.91 Å². The molecule has 63 heavy (non-hydrogen) atoms. The molecule has 0 saturated heterocycles. The second-order valence-corrected chi connectivity index (χ2v) is 19.8. The molecule has 2 N–H and O–H groups in total. The summed E-state index contributed by atoms with van der Waals surface area (Å²) >= 11 is 0. The van der Waals surface area contributed by atoms with E-state index in [0.717, 1.165) is 103 Å². The number of nitrogens with one attached hydrogen (secondary N) is 1. The summed E-state index contributed by atoms with van der Waals surface area (Å²) in [6.45, 7) is 6.80. The number of carbonyl (C=O) groups is 2. The zero-order chi connectivity index (χ0) is 46.5. The Morgan fingerprint density at radius 2 is 1.05 bits per heavy atom. The van der Waals surface area contributed by atoms with Crippen molar-refractivity contribution in [2.45, 2.75) is 226 Å². The highest BCUT2D eigenvalue weighted by Crippen LogP contribution is 2.43. The molecule has 0 aliphatic carbocycles. The number of phosphoric ester groups is 1. The van der Waals surface area contributed by atoms with E-state index in [9.17, 15) is 19.0 Å². The van der Waals surface area contributed by atoms with Gasteiger partial charge in [-0.2, -0.15) is 0 Å². The van der Waals surface area contributed by atoms with Gasteiger partial charge in [-0.1, -0.05) is 191 Å². The number of nitrogens with zero attached hydrogens (tertiary/aromatic N) is 1. The van der Waals surface area contributed by atoms with E-state index in [1.54, 1.807) is 0 Å². The van der Waals surface area contributed by atoms with Gasteiger partial charge >= 0.3 is 13.8 Å². The van der Waals surface area contributed by atoms with Crippen molar-refractivity contribution in [1.82, 2.24) is 5.32 Å². The molecule has 9 nitrogen and oxygen atoms in total. The van der Waals surface area contributed by atoms with E-state index in [2.05, 4.69) is 74.7 Å². The zero-order valence-corrected chi connectivity index (χ0v) is 42.4. The third kappa shape index (κ3) is 44.7. The Kier molecular flexibility index (Phi) is 42.0. The lowest BCUT2D eigenvalue weighted by Gasteiger charge is -2.27. The van der Waals surface area contributed by atoms with E-state index >= 15 is 0 Å². The Morgan fingerprint density at radius 1 is 0.571 bits per heavy atom. The number of hydrogen-bond acceptors (Lipinski definition) is 6. The van der Waals surface area contributed by atoms with E-state index in [0.29, 0.717) is 23.9 Å². The highest BCUT2D eigenvalue weighted by atomic mass is 31.2. The molecule has 1 amide bonds. The smallest absolute Gasteiger partial charge is 0.456 e. The van der Waals surface area contributed by atoms with Crippen LogP contribution in [-0.2, 0) is 27.9 Å². The van der Waals surface area contributed by atoms with Crippen LogP contribution in [0.4, 0.5) is 0 Å². The summed E-state index contributed by atoms with van der Waals surface area (Å²) in [6.07, 6.45) is 52.1. The lowest BCUT2D eigenvalue weighted by Crippen LogP contribution is -2.47. The number of allylic oxidation sites excluding steroid dienone is 9. The molecule has 0 aliphatic rings. The van der Waals surface area contributed by atoms with Crippen molar-refractivity contribution in [2.75, 3.05) is 40.9 Å². The molecule has 3 atom stereocenters. The summed E-state index contributed by atoms with van der Waals surface area (Å²) in [4.78, 5) is 37.3. The van der Waals surface area contributed by atoms with Crippen LogP contribution in [-0.4, -0.2) is 74.3 Å². The average molecular weight is 906 g/mol. The Morgan fingerprint density at radius 3 is 1.60 bits per heavy atom. The second-order valence-electron chi connectivity index (χ2n) is 18.4. The molecular weight excluding hydrogens is 808 g/mol. The number of unbranched alkanes of at least 4 members (excludes halogenated alkanes) is 23. The van der Waals surface area contributed by atoms with Crippen molar-refractivity contribution < 1.29 is 37.3 Å². The summed E-state index contributed by atoms with van der Waals surface area (Å²) in [5.41, 5.74) is 0. The van der Waals surface area contributed by atoms with E-state index in [-0.39, 0.29) is 31.5 Å². The molecule has 0 aliphatic heterocycles. The third-order valence-corrected chi connectivity index (χ3v) is 12.0. The number of likely N-dealkylation sites (N-methyl/N-ethyl adjacent to an activating group) is 1. The van der Waals surface area contributed by atoms with Crippen LogP contribution in [0, 0.1) is 0 Å². The Hall–Kier alpha value is -2.29. The topological polar surface area (TPSA) is 111 Å². The first-order valence-corrected chi connectivity index (χ1v) is 27.1. The predicted molar refractivity (Wildman–Crippen MR) is 268 cm³/mol. The van der Waals surface area contributed by atoms with Gasteiger partial charge in [-0.15, -0.1) is 0 Å². The molecule has 0 spiro atoms. The van der Waals surface area contributed by atoms with Crippen molar-refractivity contribution in [2.24, 2.45) is 0 Å². The number of ether oxygens (including phenoxy) is 1. The standard InChI is InChI=1S/C53H97N2O7P/c1-7-10-13-16-19-22-25-27-30-32-35-38-41-44-51(62-53(57)46-43-40-37-34-31-28-26-23-20-17-14-11-8-2)50(49-61-63(58,59)60-48-47-55(4,5)6)54-52(56)45-42-39-36-33-29-24-21-18-15-12-9-3/h11,14,17-18,20-21,23,26,41,44,50-51H,7-10,12-13,15-16,19,22,24-25,27-40,42-43,45-49H2,1-6H3,(H-,54,56,58,59)/p+1/b14-11+,20-17+,21-18-,26-23-,44-41+. The van der Waals surface area contributed by atoms with Gasteiger partial charge in [0.15, 0.2) is 0 Å². The van der Waals surface area contributed by atoms with Crippen LogP contribution in [0.25, 0.3) is 0 Å². The maximum Gasteiger partial charge on any atom is 0.472 e. The fourth-order valence-corrected chi connectivity index (χ4v) is 7.71. The molecule has 0 aromatic heterocycles. The average Bonchev–Trinajstić information content (AvgIpc) is 3.23. The van der Waals surface area contributed by atoms with Gasteiger partial charge in [-0.05, 0) is 70.3 Å². The van der Waals surface area contributed by atoms with E-state index in [4.69, 9.17) is 13.8 Å². The number of amides is 1. The van der Waals surface area contributed by atoms with Crippen LogP contribution < -0.4 is 5.32 Å². The molecule has 10 heteroatoms. The molecule has 0 aromatic rings. The normalized spacial score (nSPS) is 14.5.